The molecule has 0 saturated carbocycles. The van der Waals surface area contributed by atoms with Gasteiger partial charge in [-0.25, -0.2) is 0 Å². The van der Waals surface area contributed by atoms with Gasteiger partial charge >= 0.3 is 0 Å². The van der Waals surface area contributed by atoms with Crippen LogP contribution in [0.4, 0.5) is 0 Å². The molecule has 10 nitrogen and oxygen atoms in total. The minimum atomic E-state index is -0.480. The van der Waals surface area contributed by atoms with E-state index in [-0.39, 0.29) is 17.6 Å². The number of nitrogens with zero attached hydrogens (tertiary/aromatic N) is 4. The van der Waals surface area contributed by atoms with Crippen molar-refractivity contribution in [2.45, 2.75) is 19.4 Å². The van der Waals surface area contributed by atoms with Crippen molar-refractivity contribution in [3.8, 4) is 0 Å². The monoisotopic (exact) mass is 444 g/mol. The number of nitrogen functional groups attached to an aromatic ring is 1. The Morgan fingerprint density at radius 3 is 2.64 bits per heavy atom. The number of benzene rings is 2. The fourth-order valence-corrected chi connectivity index (χ4v) is 3.73. The smallest absolute Gasteiger partial charge is 0.254 e. The van der Waals surface area contributed by atoms with Gasteiger partial charge in [-0.1, -0.05) is 35.6 Å². The molecule has 2 aromatic carbocycles. The van der Waals surface area contributed by atoms with Crippen molar-refractivity contribution in [3.05, 3.63) is 88.3 Å². The van der Waals surface area contributed by atoms with Gasteiger partial charge in [-0.3, -0.25) is 15.0 Å². The van der Waals surface area contributed by atoms with Crippen LogP contribution in [0.3, 0.4) is 0 Å². The van der Waals surface area contributed by atoms with Crippen molar-refractivity contribution in [1.29, 1.82) is 5.41 Å². The van der Waals surface area contributed by atoms with E-state index in [4.69, 9.17) is 11.1 Å². The molecule has 1 aliphatic heterocycles. The van der Waals surface area contributed by atoms with Crippen LogP contribution in [-0.4, -0.2) is 56.3 Å². The zero-order valence-electron chi connectivity index (χ0n) is 18.1. The van der Waals surface area contributed by atoms with E-state index in [0.29, 0.717) is 42.0 Å². The van der Waals surface area contributed by atoms with Crippen LogP contribution in [0.15, 0.2) is 54.6 Å². The van der Waals surface area contributed by atoms with E-state index in [0.717, 1.165) is 11.1 Å². The highest BCUT2D eigenvalue weighted by Gasteiger charge is 2.22. The Kier molecular flexibility index (Phi) is 6.25. The minimum Gasteiger partial charge on any atom is -0.384 e. The average molecular weight is 444 g/mol. The zero-order valence-corrected chi connectivity index (χ0v) is 18.1. The van der Waals surface area contributed by atoms with E-state index in [1.807, 2.05) is 25.1 Å². The normalized spacial score (nSPS) is 13.7. The van der Waals surface area contributed by atoms with E-state index in [2.05, 4.69) is 25.9 Å². The van der Waals surface area contributed by atoms with Crippen LogP contribution in [0.25, 0.3) is 0 Å². The van der Waals surface area contributed by atoms with Gasteiger partial charge < -0.3 is 16.0 Å². The molecule has 1 aliphatic rings. The summed E-state index contributed by atoms with van der Waals surface area (Å²) in [4.78, 5) is 27.6. The number of hydrogen-bond donors (Lipinski definition) is 4. The highest BCUT2D eigenvalue weighted by atomic mass is 16.2. The second-order valence-corrected chi connectivity index (χ2v) is 7.81. The maximum absolute atomic E-state index is 13.1. The van der Waals surface area contributed by atoms with Crippen molar-refractivity contribution in [2.75, 3.05) is 13.1 Å². The molecule has 5 N–H and O–H groups in total. The van der Waals surface area contributed by atoms with Crippen LogP contribution in [0.1, 0.15) is 49.3 Å². The predicted octanol–water partition coefficient (Wildman–Crippen LogP) is 1.52. The van der Waals surface area contributed by atoms with E-state index in [1.165, 1.54) is 0 Å². The quantitative estimate of drug-likeness (QED) is 0.246. The van der Waals surface area contributed by atoms with Crippen LogP contribution in [0.5, 0.6) is 0 Å². The molecular formula is C23H24N8O2. The molecule has 1 unspecified atom stereocenters. The molecule has 0 spiro atoms. The Bertz CT molecular complexity index is 1210. The molecule has 0 saturated heterocycles. The number of nitrogens with one attached hydrogen (secondary N) is 3. The topological polar surface area (TPSA) is 154 Å². The van der Waals surface area contributed by atoms with Crippen molar-refractivity contribution < 1.29 is 9.59 Å². The fraction of sp³-hybridized carbons (Fsp3) is 0.217. The molecule has 2 heterocycles. The van der Waals surface area contributed by atoms with Crippen molar-refractivity contribution in [2.24, 2.45) is 5.73 Å². The summed E-state index contributed by atoms with van der Waals surface area (Å²) in [6, 6.07) is 11.7. The molecule has 33 heavy (non-hydrogen) atoms. The maximum Gasteiger partial charge on any atom is 0.254 e. The number of rotatable bonds is 7. The molecule has 168 valence electrons. The van der Waals surface area contributed by atoms with Crippen LogP contribution in [0.2, 0.25) is 0 Å². The van der Waals surface area contributed by atoms with Crippen LogP contribution >= 0.6 is 0 Å². The first-order valence-electron chi connectivity index (χ1n) is 10.4. The Balaban J connectivity index is 1.56. The second-order valence-electron chi connectivity index (χ2n) is 7.81. The third-order valence-corrected chi connectivity index (χ3v) is 5.51. The molecule has 0 fully saturated rings. The van der Waals surface area contributed by atoms with Gasteiger partial charge in [0.15, 0.2) is 5.82 Å². The Morgan fingerprint density at radius 1 is 1.18 bits per heavy atom. The number of carbonyl (C=O) groups excluding carboxylic acids is 2. The third kappa shape index (κ3) is 4.95. The summed E-state index contributed by atoms with van der Waals surface area (Å²) < 4.78 is 0. The lowest BCUT2D eigenvalue weighted by atomic mass is 9.99. The third-order valence-electron chi connectivity index (χ3n) is 5.51. The molecule has 0 aliphatic carbocycles. The summed E-state index contributed by atoms with van der Waals surface area (Å²) >= 11 is 0. The number of amides is 2. The Labute approximate surface area is 190 Å². The predicted molar refractivity (Wildman–Crippen MR) is 122 cm³/mol. The molecule has 3 aromatic rings. The Hall–Kier alpha value is -4.34. The molecule has 0 radical (unpaired) electrons. The zero-order chi connectivity index (χ0) is 23.4. The molecule has 2 amide bonds. The number of aryl methyl sites for hydroxylation is 1. The van der Waals surface area contributed by atoms with Gasteiger partial charge in [0.2, 0.25) is 0 Å². The van der Waals surface area contributed by atoms with Crippen LogP contribution in [-0.2, 0) is 6.42 Å². The minimum absolute atomic E-state index is 0.0551. The van der Waals surface area contributed by atoms with Gasteiger partial charge in [0.25, 0.3) is 11.8 Å². The van der Waals surface area contributed by atoms with E-state index in [9.17, 15) is 9.59 Å². The summed E-state index contributed by atoms with van der Waals surface area (Å²) in [5, 5.41) is 24.7. The van der Waals surface area contributed by atoms with Gasteiger partial charge in [0.1, 0.15) is 5.84 Å². The fourth-order valence-electron chi connectivity index (χ4n) is 3.73. The van der Waals surface area contributed by atoms with Crippen LogP contribution < -0.4 is 11.1 Å². The number of H-pyrrole nitrogens is 1. The highest BCUT2D eigenvalue weighted by Crippen LogP contribution is 2.20. The van der Waals surface area contributed by atoms with Gasteiger partial charge in [-0.2, -0.15) is 5.21 Å². The van der Waals surface area contributed by atoms with Gasteiger partial charge in [0.05, 0.1) is 6.04 Å². The number of aromatic nitrogens is 4. The summed E-state index contributed by atoms with van der Waals surface area (Å²) in [5.74, 6) is 0.0117. The lowest BCUT2D eigenvalue weighted by Crippen LogP contribution is -2.31. The van der Waals surface area contributed by atoms with E-state index in [1.54, 1.807) is 41.3 Å². The molecule has 1 atom stereocenters. The molecular weight excluding hydrogens is 420 g/mol. The number of carbonyl (C=O) groups is 2. The SMILES string of the molecule is Cc1cc(C(=O)NC(Cc2nn[nH]n2)c2cccc(C(=N)N)c2)ccc1C(=O)N1CC=CC1. The summed E-state index contributed by atoms with van der Waals surface area (Å²) in [7, 11) is 0. The lowest BCUT2D eigenvalue weighted by Gasteiger charge is -2.20. The molecule has 1 aromatic heterocycles. The lowest BCUT2D eigenvalue weighted by molar-refractivity contribution is 0.0798. The van der Waals surface area contributed by atoms with Gasteiger partial charge in [-0.05, 0) is 42.3 Å². The number of aromatic amines is 1. The Morgan fingerprint density at radius 2 is 1.97 bits per heavy atom. The maximum atomic E-state index is 13.1. The number of amidine groups is 1. The largest absolute Gasteiger partial charge is 0.384 e. The molecule has 0 bridgehead atoms. The second kappa shape index (κ2) is 9.43. The van der Waals surface area contributed by atoms with Crippen molar-refractivity contribution >= 4 is 17.6 Å². The standard InChI is InChI=1S/C23H24N8O2/c1-14-11-17(7-8-18(14)23(33)31-9-2-3-10-31)22(32)26-19(13-20-27-29-30-28-20)15-5-4-6-16(12-15)21(24)25/h2-8,11-12,19H,9-10,13H2,1H3,(H3,24,25)(H,26,32)(H,27,28,29,30). The highest BCUT2D eigenvalue weighted by molar-refractivity contribution is 5.99. The van der Waals surface area contributed by atoms with E-state index < -0.39 is 6.04 Å². The van der Waals surface area contributed by atoms with Crippen molar-refractivity contribution in [3.63, 3.8) is 0 Å². The first kappa shape index (κ1) is 21.9. The number of hydrogen-bond acceptors (Lipinski definition) is 6. The summed E-state index contributed by atoms with van der Waals surface area (Å²) in [5.41, 5.74) is 8.68. The van der Waals surface area contributed by atoms with Gasteiger partial charge in [0, 0.05) is 36.2 Å². The summed E-state index contributed by atoms with van der Waals surface area (Å²) in [6.07, 6.45) is 4.21. The van der Waals surface area contributed by atoms with Gasteiger partial charge in [-0.15, -0.1) is 10.2 Å². The summed E-state index contributed by atoms with van der Waals surface area (Å²) in [6.45, 7) is 3.01. The van der Waals surface area contributed by atoms with Crippen molar-refractivity contribution in [1.82, 2.24) is 30.8 Å². The van der Waals surface area contributed by atoms with Crippen LogP contribution in [0, 0.1) is 12.3 Å². The van der Waals surface area contributed by atoms with E-state index >= 15 is 0 Å². The number of nitrogens with two attached hydrogens (primary N) is 1. The first-order chi connectivity index (χ1) is 15.9. The molecule has 4 rings (SSSR count). The first-order valence-corrected chi connectivity index (χ1v) is 10.4. The number of tetrazole rings is 1. The average Bonchev–Trinajstić information content (AvgIpc) is 3.52. The molecule has 10 heteroatoms.